The summed E-state index contributed by atoms with van der Waals surface area (Å²) >= 11 is 1.61. The molecule has 1 fully saturated rings. The second kappa shape index (κ2) is 11.6. The lowest BCUT2D eigenvalue weighted by Crippen LogP contribution is -2.44. The molecule has 2 aromatic heterocycles. The molecule has 1 aliphatic rings. The van der Waals surface area contributed by atoms with Crippen LogP contribution in [0.25, 0.3) is 10.9 Å². The van der Waals surface area contributed by atoms with Crippen molar-refractivity contribution in [1.82, 2.24) is 19.9 Å². The first-order valence-electron chi connectivity index (χ1n) is 11.5. The molecule has 7 nitrogen and oxygen atoms in total. The third-order valence-corrected chi connectivity index (χ3v) is 7.36. The molecular formula is C25H29FN4O3S. The number of hydrogen-bond acceptors (Lipinski definition) is 7. The molecule has 0 unspecified atom stereocenters. The van der Waals surface area contributed by atoms with Crippen LogP contribution in [-0.2, 0) is 4.79 Å². The van der Waals surface area contributed by atoms with Gasteiger partial charge in [-0.2, -0.15) is 0 Å². The first-order valence-corrected chi connectivity index (χ1v) is 12.4. The zero-order chi connectivity index (χ0) is 23.9. The average molecular weight is 485 g/mol. The topological polar surface area (TPSA) is 88.4 Å². The number of carboxylic acids is 1. The van der Waals surface area contributed by atoms with Gasteiger partial charge in [0.2, 0.25) is 0 Å². The van der Waals surface area contributed by atoms with Gasteiger partial charge < -0.3 is 14.7 Å². The van der Waals surface area contributed by atoms with Crippen molar-refractivity contribution in [3.8, 4) is 5.75 Å². The van der Waals surface area contributed by atoms with E-state index in [1.165, 1.54) is 0 Å². The van der Waals surface area contributed by atoms with Crippen molar-refractivity contribution in [3.63, 3.8) is 0 Å². The van der Waals surface area contributed by atoms with Crippen LogP contribution >= 0.6 is 11.8 Å². The van der Waals surface area contributed by atoms with E-state index in [1.807, 2.05) is 18.2 Å². The Hall–Kier alpha value is -2.78. The van der Waals surface area contributed by atoms with Crippen molar-refractivity contribution in [2.24, 2.45) is 11.8 Å². The third-order valence-electron chi connectivity index (χ3n) is 6.46. The summed E-state index contributed by atoms with van der Waals surface area (Å²) in [6.07, 6.45) is 7.04. The van der Waals surface area contributed by atoms with Crippen molar-refractivity contribution in [2.45, 2.75) is 30.5 Å². The van der Waals surface area contributed by atoms with Gasteiger partial charge in [0.25, 0.3) is 0 Å². The lowest BCUT2D eigenvalue weighted by molar-refractivity contribution is -0.146. The number of likely N-dealkylation sites (tertiary alicyclic amines) is 1. The highest BCUT2D eigenvalue weighted by Crippen LogP contribution is 2.35. The lowest BCUT2D eigenvalue weighted by atomic mass is 9.81. The number of alkyl halides is 1. The maximum absolute atomic E-state index is 15.3. The molecule has 0 spiro atoms. The molecule has 0 bridgehead atoms. The monoisotopic (exact) mass is 484 g/mol. The molecule has 3 aromatic rings. The van der Waals surface area contributed by atoms with Gasteiger partial charge >= 0.3 is 5.97 Å². The number of nitrogens with zero attached hydrogens (tertiary/aromatic N) is 4. The molecule has 3 atom stereocenters. The van der Waals surface area contributed by atoms with Crippen LogP contribution in [0.2, 0.25) is 0 Å². The van der Waals surface area contributed by atoms with Crippen LogP contribution in [0.5, 0.6) is 5.75 Å². The first kappa shape index (κ1) is 24.3. The van der Waals surface area contributed by atoms with Crippen LogP contribution < -0.4 is 4.74 Å². The number of benzene rings is 1. The Kier molecular flexibility index (Phi) is 8.29. The fraction of sp³-hybridized carbons (Fsp3) is 0.440. The molecule has 0 aliphatic carbocycles. The van der Waals surface area contributed by atoms with Gasteiger partial charge in [-0.1, -0.05) is 0 Å². The molecule has 3 heterocycles. The van der Waals surface area contributed by atoms with Crippen LogP contribution in [0.3, 0.4) is 0 Å². The van der Waals surface area contributed by atoms with Crippen molar-refractivity contribution in [3.05, 3.63) is 54.6 Å². The van der Waals surface area contributed by atoms with E-state index in [-0.39, 0.29) is 12.3 Å². The maximum Gasteiger partial charge on any atom is 0.308 e. The molecule has 1 N–H and O–H groups in total. The summed E-state index contributed by atoms with van der Waals surface area (Å²) in [6, 6.07) is 7.15. The van der Waals surface area contributed by atoms with Crippen LogP contribution in [0, 0.1) is 11.8 Å². The van der Waals surface area contributed by atoms with E-state index >= 15 is 4.39 Å². The predicted molar refractivity (Wildman–Crippen MR) is 130 cm³/mol. The fourth-order valence-electron chi connectivity index (χ4n) is 4.60. The van der Waals surface area contributed by atoms with Gasteiger partial charge in [-0.15, -0.1) is 11.8 Å². The SMILES string of the molecule is COc1ccc2nccc([C@@H](F)CC[C@@H]3CCN(CCSc4cnccn4)C[C@@H]3C(=O)O)c2c1. The molecule has 1 aromatic carbocycles. The first-order chi connectivity index (χ1) is 16.5. The lowest BCUT2D eigenvalue weighted by Gasteiger charge is -2.36. The number of carbonyl (C=O) groups is 1. The normalized spacial score (nSPS) is 19.7. The summed E-state index contributed by atoms with van der Waals surface area (Å²) in [5.74, 6) is 0.149. The van der Waals surface area contributed by atoms with E-state index in [9.17, 15) is 9.90 Å². The minimum atomic E-state index is -1.19. The molecule has 0 amide bonds. The highest BCUT2D eigenvalue weighted by Gasteiger charge is 2.34. The van der Waals surface area contributed by atoms with E-state index in [4.69, 9.17) is 4.74 Å². The largest absolute Gasteiger partial charge is 0.497 e. The number of thioether (sulfide) groups is 1. The Morgan fingerprint density at radius 2 is 2.18 bits per heavy atom. The van der Waals surface area contributed by atoms with Crippen LogP contribution in [0.15, 0.2) is 54.1 Å². The molecule has 4 rings (SSSR count). The molecule has 9 heteroatoms. The van der Waals surface area contributed by atoms with E-state index in [0.29, 0.717) is 24.3 Å². The maximum atomic E-state index is 15.3. The number of hydrogen-bond donors (Lipinski definition) is 1. The Morgan fingerprint density at radius 3 is 2.94 bits per heavy atom. The quantitative estimate of drug-likeness (QED) is 0.417. The molecule has 1 aliphatic heterocycles. The summed E-state index contributed by atoms with van der Waals surface area (Å²) in [5.41, 5.74) is 1.30. The second-order valence-corrected chi connectivity index (χ2v) is 9.63. The third kappa shape index (κ3) is 6.01. The number of carboxylic acid groups (broad SMARTS) is 1. The fourth-order valence-corrected chi connectivity index (χ4v) is 5.43. The summed E-state index contributed by atoms with van der Waals surface area (Å²) in [5, 5.41) is 11.4. The van der Waals surface area contributed by atoms with E-state index < -0.39 is 18.1 Å². The Morgan fingerprint density at radius 1 is 1.29 bits per heavy atom. The van der Waals surface area contributed by atoms with Gasteiger partial charge in [-0.25, -0.2) is 9.37 Å². The smallest absolute Gasteiger partial charge is 0.308 e. The van der Waals surface area contributed by atoms with Gasteiger partial charge in [0.1, 0.15) is 16.9 Å². The molecule has 1 saturated heterocycles. The second-order valence-electron chi connectivity index (χ2n) is 8.51. The summed E-state index contributed by atoms with van der Waals surface area (Å²) in [4.78, 5) is 26.8. The number of aliphatic carboxylic acids is 1. The van der Waals surface area contributed by atoms with Gasteiger partial charge in [-0.05, 0) is 61.6 Å². The number of aromatic nitrogens is 3. The van der Waals surface area contributed by atoms with Gasteiger partial charge in [0.15, 0.2) is 0 Å². The number of ether oxygens (including phenoxy) is 1. The molecular weight excluding hydrogens is 455 g/mol. The Bertz CT molecular complexity index is 1100. The number of rotatable bonds is 10. The molecule has 0 saturated carbocycles. The van der Waals surface area contributed by atoms with Crippen molar-refractivity contribution in [1.29, 1.82) is 0 Å². The summed E-state index contributed by atoms with van der Waals surface area (Å²) in [6.45, 7) is 2.10. The predicted octanol–water partition coefficient (Wildman–Crippen LogP) is 4.64. The van der Waals surface area contributed by atoms with Crippen molar-refractivity contribution < 1.29 is 19.0 Å². The number of fused-ring (bicyclic) bond motifs is 1. The van der Waals surface area contributed by atoms with E-state index in [2.05, 4.69) is 19.9 Å². The number of pyridine rings is 1. The molecule has 0 radical (unpaired) electrons. The average Bonchev–Trinajstić information content (AvgIpc) is 2.87. The van der Waals surface area contributed by atoms with E-state index in [1.54, 1.807) is 49.7 Å². The minimum absolute atomic E-state index is 0.0396. The standard InChI is InChI=1S/C25H29FN4O3S/c1-33-18-3-5-23-20(14-18)19(6-8-28-23)22(26)4-2-17-7-11-30(16-21(17)25(31)32)12-13-34-24-15-27-9-10-29-24/h3,5-6,8-10,14-15,17,21-22H,2,4,7,11-13,16H2,1H3,(H,31,32)/t17-,21+,22+/m1/s1. The molecule has 180 valence electrons. The zero-order valence-corrected chi connectivity index (χ0v) is 20.0. The summed E-state index contributed by atoms with van der Waals surface area (Å²) in [7, 11) is 1.58. The number of halogens is 1. The highest BCUT2D eigenvalue weighted by atomic mass is 32.2. The Balaban J connectivity index is 1.34. The van der Waals surface area contributed by atoms with Gasteiger partial charge in [0, 0.05) is 42.8 Å². The van der Waals surface area contributed by atoms with Crippen LogP contribution in [0.1, 0.15) is 31.0 Å². The zero-order valence-electron chi connectivity index (χ0n) is 19.1. The number of piperidine rings is 1. The van der Waals surface area contributed by atoms with Crippen LogP contribution in [0.4, 0.5) is 4.39 Å². The highest BCUT2D eigenvalue weighted by molar-refractivity contribution is 7.99. The number of methoxy groups -OCH3 is 1. The Labute approximate surface area is 202 Å². The van der Waals surface area contributed by atoms with Crippen molar-refractivity contribution >= 4 is 28.6 Å². The summed E-state index contributed by atoms with van der Waals surface area (Å²) < 4.78 is 20.6. The minimum Gasteiger partial charge on any atom is -0.497 e. The van der Waals surface area contributed by atoms with Crippen molar-refractivity contribution in [2.75, 3.05) is 32.5 Å². The van der Waals surface area contributed by atoms with Gasteiger partial charge in [-0.3, -0.25) is 14.8 Å². The molecule has 34 heavy (non-hydrogen) atoms. The van der Waals surface area contributed by atoms with Gasteiger partial charge in [0.05, 0.1) is 24.7 Å². The van der Waals surface area contributed by atoms with E-state index in [0.717, 1.165) is 41.2 Å². The van der Waals surface area contributed by atoms with Crippen LogP contribution in [-0.4, -0.2) is 63.4 Å².